The molecule has 4 atom stereocenters. The van der Waals surface area contributed by atoms with Crippen LogP contribution in [0.4, 0.5) is 0 Å². The molecule has 0 radical (unpaired) electrons. The van der Waals surface area contributed by atoms with E-state index in [0.717, 1.165) is 25.1 Å². The third-order valence-corrected chi connectivity index (χ3v) is 6.16. The quantitative estimate of drug-likeness (QED) is 0.841. The van der Waals surface area contributed by atoms with Gasteiger partial charge in [0.1, 0.15) is 5.75 Å². The molecule has 1 aromatic rings. The molecular formula is C14H19NO2S. The lowest BCUT2D eigenvalue weighted by Gasteiger charge is -2.18. The first-order valence-electron chi connectivity index (χ1n) is 6.50. The molecule has 3 nitrogen and oxygen atoms in total. The van der Waals surface area contributed by atoms with Crippen molar-refractivity contribution in [2.24, 2.45) is 0 Å². The highest BCUT2D eigenvalue weighted by Gasteiger charge is 2.39. The average molecular weight is 265 g/mol. The fourth-order valence-electron chi connectivity index (χ4n) is 3.02. The Morgan fingerprint density at radius 2 is 2.28 bits per heavy atom. The van der Waals surface area contributed by atoms with Gasteiger partial charge in [0.25, 0.3) is 0 Å². The molecule has 1 aliphatic carbocycles. The molecule has 1 aliphatic heterocycles. The van der Waals surface area contributed by atoms with Crippen molar-refractivity contribution >= 4 is 10.8 Å². The van der Waals surface area contributed by atoms with E-state index in [1.165, 1.54) is 11.1 Å². The Morgan fingerprint density at radius 1 is 1.44 bits per heavy atom. The van der Waals surface area contributed by atoms with Crippen molar-refractivity contribution in [3.05, 3.63) is 29.3 Å². The van der Waals surface area contributed by atoms with Crippen molar-refractivity contribution < 1.29 is 8.95 Å². The summed E-state index contributed by atoms with van der Waals surface area (Å²) in [6.45, 7) is 3.05. The van der Waals surface area contributed by atoms with Gasteiger partial charge in [-0.15, -0.1) is 0 Å². The number of fused-ring (bicyclic) bond motifs is 3. The number of ether oxygens (including phenoxy) is 1. The molecule has 4 heteroatoms. The molecule has 0 saturated carbocycles. The maximum atomic E-state index is 12.5. The number of benzene rings is 1. The van der Waals surface area contributed by atoms with Gasteiger partial charge in [0.15, 0.2) is 0 Å². The third-order valence-electron chi connectivity index (χ3n) is 4.09. The summed E-state index contributed by atoms with van der Waals surface area (Å²) in [5.74, 6) is 0.888. The highest BCUT2D eigenvalue weighted by atomic mass is 32.2. The topological polar surface area (TPSA) is 38.3 Å². The molecule has 1 fully saturated rings. The predicted molar refractivity (Wildman–Crippen MR) is 73.5 cm³/mol. The zero-order chi connectivity index (χ0) is 12.7. The lowest BCUT2D eigenvalue weighted by molar-refractivity contribution is 0.413. The number of methoxy groups -OCH3 is 1. The van der Waals surface area contributed by atoms with Crippen LogP contribution in [0, 0.1) is 0 Å². The summed E-state index contributed by atoms with van der Waals surface area (Å²) in [7, 11) is 0.944. The highest BCUT2D eigenvalue weighted by molar-refractivity contribution is 7.86. The number of nitrogens with one attached hydrogen (secondary N) is 1. The average Bonchev–Trinajstić information content (AvgIpc) is 2.69. The second-order valence-electron chi connectivity index (χ2n) is 5.17. The molecule has 18 heavy (non-hydrogen) atoms. The van der Waals surface area contributed by atoms with E-state index >= 15 is 0 Å². The SMILES string of the molecule is COc1ccc2c(c1)C1NCCC(C)S(=O)C1C2. The van der Waals surface area contributed by atoms with E-state index in [1.807, 2.05) is 6.07 Å². The summed E-state index contributed by atoms with van der Waals surface area (Å²) in [4.78, 5) is 0. The minimum Gasteiger partial charge on any atom is -0.497 e. The lowest BCUT2D eigenvalue weighted by Crippen LogP contribution is -2.30. The number of rotatable bonds is 1. The first-order chi connectivity index (χ1) is 8.70. The molecule has 1 N–H and O–H groups in total. The van der Waals surface area contributed by atoms with E-state index in [1.54, 1.807) is 7.11 Å². The van der Waals surface area contributed by atoms with Gasteiger partial charge >= 0.3 is 0 Å². The molecule has 1 saturated heterocycles. The van der Waals surface area contributed by atoms with Gasteiger partial charge in [-0.2, -0.15) is 0 Å². The molecule has 2 aliphatic rings. The van der Waals surface area contributed by atoms with Gasteiger partial charge in [-0.05, 0) is 42.6 Å². The standard InChI is InChI=1S/C14H19NO2S/c1-9-5-6-15-14-12-8-11(17-2)4-3-10(12)7-13(14)18(9)16/h3-4,8-9,13-15H,5-7H2,1-2H3. The third kappa shape index (κ3) is 1.88. The van der Waals surface area contributed by atoms with Crippen LogP contribution in [0.15, 0.2) is 18.2 Å². The van der Waals surface area contributed by atoms with Crippen molar-refractivity contribution in [2.45, 2.75) is 36.3 Å². The van der Waals surface area contributed by atoms with Gasteiger partial charge in [-0.1, -0.05) is 13.0 Å². The van der Waals surface area contributed by atoms with Crippen LogP contribution in [-0.4, -0.2) is 28.4 Å². The molecule has 0 spiro atoms. The Bertz CT molecular complexity index is 489. The van der Waals surface area contributed by atoms with E-state index in [0.29, 0.717) is 5.25 Å². The van der Waals surface area contributed by atoms with Crippen LogP contribution >= 0.6 is 0 Å². The summed E-state index contributed by atoms with van der Waals surface area (Å²) in [5.41, 5.74) is 2.60. The van der Waals surface area contributed by atoms with Crippen LogP contribution in [0.5, 0.6) is 5.75 Å². The second-order valence-corrected chi connectivity index (χ2v) is 7.23. The minimum absolute atomic E-state index is 0.226. The molecule has 1 aromatic carbocycles. The number of hydrogen-bond acceptors (Lipinski definition) is 3. The Hall–Kier alpha value is -0.870. The first kappa shape index (κ1) is 12.2. The zero-order valence-electron chi connectivity index (χ0n) is 10.8. The molecule has 98 valence electrons. The van der Waals surface area contributed by atoms with Crippen LogP contribution in [0.25, 0.3) is 0 Å². The van der Waals surface area contributed by atoms with Gasteiger partial charge in [-0.25, -0.2) is 0 Å². The normalized spacial score (nSPS) is 34.6. The Morgan fingerprint density at radius 3 is 3.06 bits per heavy atom. The predicted octanol–water partition coefficient (Wildman–Crippen LogP) is 1.79. The molecule has 0 amide bonds. The molecular weight excluding hydrogens is 246 g/mol. The summed E-state index contributed by atoms with van der Waals surface area (Å²) >= 11 is 0. The summed E-state index contributed by atoms with van der Waals surface area (Å²) in [6.07, 6.45) is 1.92. The van der Waals surface area contributed by atoms with Gasteiger partial charge in [0.2, 0.25) is 0 Å². The summed E-state index contributed by atoms with van der Waals surface area (Å²) in [5, 5.41) is 4.08. The van der Waals surface area contributed by atoms with Gasteiger partial charge in [-0.3, -0.25) is 4.21 Å². The molecule has 1 heterocycles. The fraction of sp³-hybridized carbons (Fsp3) is 0.571. The van der Waals surface area contributed by atoms with Crippen LogP contribution in [-0.2, 0) is 17.2 Å². The van der Waals surface area contributed by atoms with Crippen LogP contribution in [0.3, 0.4) is 0 Å². The Balaban J connectivity index is 1.99. The van der Waals surface area contributed by atoms with Crippen molar-refractivity contribution in [3.63, 3.8) is 0 Å². The van der Waals surface area contributed by atoms with E-state index in [-0.39, 0.29) is 11.3 Å². The fourth-order valence-corrected chi connectivity index (χ4v) is 4.83. The van der Waals surface area contributed by atoms with Crippen molar-refractivity contribution in [3.8, 4) is 5.75 Å². The molecule has 0 bridgehead atoms. The van der Waals surface area contributed by atoms with Gasteiger partial charge in [0.05, 0.1) is 12.4 Å². The zero-order valence-corrected chi connectivity index (χ0v) is 11.6. The van der Waals surface area contributed by atoms with E-state index in [9.17, 15) is 4.21 Å². The highest BCUT2D eigenvalue weighted by Crippen LogP contribution is 2.38. The first-order valence-corrected chi connectivity index (χ1v) is 7.78. The van der Waals surface area contributed by atoms with Crippen LogP contribution in [0.1, 0.15) is 30.5 Å². The van der Waals surface area contributed by atoms with Gasteiger partial charge < -0.3 is 10.1 Å². The minimum atomic E-state index is -0.746. The van der Waals surface area contributed by atoms with Crippen molar-refractivity contribution in [1.82, 2.24) is 5.32 Å². The smallest absolute Gasteiger partial charge is 0.119 e. The van der Waals surface area contributed by atoms with Crippen molar-refractivity contribution in [1.29, 1.82) is 0 Å². The van der Waals surface area contributed by atoms with Crippen LogP contribution in [0.2, 0.25) is 0 Å². The Kier molecular flexibility index (Phi) is 3.16. The summed E-state index contributed by atoms with van der Waals surface area (Å²) in [6, 6.07) is 6.45. The lowest BCUT2D eigenvalue weighted by atomic mass is 10.1. The van der Waals surface area contributed by atoms with E-state index < -0.39 is 10.8 Å². The monoisotopic (exact) mass is 265 g/mol. The van der Waals surface area contributed by atoms with E-state index in [2.05, 4.69) is 24.4 Å². The van der Waals surface area contributed by atoms with E-state index in [4.69, 9.17) is 4.74 Å². The largest absolute Gasteiger partial charge is 0.497 e. The van der Waals surface area contributed by atoms with Crippen LogP contribution < -0.4 is 10.1 Å². The second kappa shape index (κ2) is 4.67. The Labute approximate surface area is 110 Å². The maximum absolute atomic E-state index is 12.5. The number of hydrogen-bond donors (Lipinski definition) is 1. The van der Waals surface area contributed by atoms with Crippen molar-refractivity contribution in [2.75, 3.05) is 13.7 Å². The molecule has 4 unspecified atom stereocenters. The summed E-state index contributed by atoms with van der Waals surface area (Å²) < 4.78 is 17.8. The molecule has 0 aromatic heterocycles. The van der Waals surface area contributed by atoms with Gasteiger partial charge in [0, 0.05) is 22.1 Å². The molecule has 3 rings (SSSR count). The maximum Gasteiger partial charge on any atom is 0.119 e.